The molecule has 0 aliphatic carbocycles. The smallest absolute Gasteiger partial charge is 0.211 e. The molecule has 0 bridgehead atoms. The quantitative estimate of drug-likeness (QED) is 0.311. The van der Waals surface area contributed by atoms with Crippen molar-refractivity contribution in [2.75, 3.05) is 18.5 Å². The standard InChI is InChI=1S/C25H23Cl2FN4O3S/c1-13(23-18(26)4-5-19(28)24(23)27)35-22-10-15(11-30-25(22)29)14-3-6-20-16(9-14)17-12-32(36(2,33)34)8-7-21(17)31-20/h3-6,9-11,13,31H,7-8,12H2,1-2H3,(H2,29,30)/t13-/m1/s1. The Hall–Kier alpha value is -2.85. The summed E-state index contributed by atoms with van der Waals surface area (Å²) < 4.78 is 45.7. The molecule has 36 heavy (non-hydrogen) atoms. The van der Waals surface area contributed by atoms with Crippen LogP contribution in [0.25, 0.3) is 22.0 Å². The number of benzene rings is 2. The summed E-state index contributed by atoms with van der Waals surface area (Å²) >= 11 is 12.4. The number of fused-ring (bicyclic) bond motifs is 3. The van der Waals surface area contributed by atoms with Crippen LogP contribution in [0, 0.1) is 5.82 Å². The summed E-state index contributed by atoms with van der Waals surface area (Å²) in [7, 11) is -3.29. The van der Waals surface area contributed by atoms with E-state index >= 15 is 0 Å². The molecule has 2 aromatic heterocycles. The number of nitrogens with zero attached hydrogens (tertiary/aromatic N) is 2. The fourth-order valence-corrected chi connectivity index (χ4v) is 5.99. The van der Waals surface area contributed by atoms with Gasteiger partial charge in [0.05, 0.1) is 11.3 Å². The lowest BCUT2D eigenvalue weighted by Gasteiger charge is -2.24. The van der Waals surface area contributed by atoms with Crippen molar-refractivity contribution in [1.29, 1.82) is 0 Å². The Balaban J connectivity index is 1.50. The van der Waals surface area contributed by atoms with Crippen molar-refractivity contribution in [3.8, 4) is 16.9 Å². The highest BCUT2D eigenvalue weighted by molar-refractivity contribution is 7.88. The zero-order valence-corrected chi connectivity index (χ0v) is 21.8. The number of sulfonamides is 1. The Kier molecular flexibility index (Phi) is 6.36. The number of H-pyrrole nitrogens is 1. The van der Waals surface area contributed by atoms with Gasteiger partial charge in [-0.05, 0) is 48.4 Å². The van der Waals surface area contributed by atoms with Crippen LogP contribution in [0.4, 0.5) is 10.2 Å². The molecular formula is C25H23Cl2FN4O3S. The van der Waals surface area contributed by atoms with E-state index in [1.54, 1.807) is 19.2 Å². The molecule has 5 rings (SSSR count). The molecule has 0 saturated heterocycles. The molecule has 1 aliphatic rings. The van der Waals surface area contributed by atoms with Crippen molar-refractivity contribution in [3.63, 3.8) is 0 Å². The van der Waals surface area contributed by atoms with E-state index in [1.165, 1.54) is 22.7 Å². The fraction of sp³-hybridized carbons (Fsp3) is 0.240. The molecule has 0 fully saturated rings. The molecule has 0 saturated carbocycles. The van der Waals surface area contributed by atoms with Crippen molar-refractivity contribution in [3.05, 3.63) is 75.3 Å². The van der Waals surface area contributed by atoms with Crippen LogP contribution in [0.3, 0.4) is 0 Å². The van der Waals surface area contributed by atoms with Crippen molar-refractivity contribution < 1.29 is 17.5 Å². The minimum Gasteiger partial charge on any atom is -0.482 e. The van der Waals surface area contributed by atoms with Gasteiger partial charge in [-0.15, -0.1) is 0 Å². The molecule has 11 heteroatoms. The van der Waals surface area contributed by atoms with E-state index in [0.717, 1.165) is 33.3 Å². The first kappa shape index (κ1) is 24.8. The fourth-order valence-electron chi connectivity index (χ4n) is 4.52. The molecule has 3 N–H and O–H groups in total. The predicted octanol–water partition coefficient (Wildman–Crippen LogP) is 5.72. The molecule has 3 heterocycles. The van der Waals surface area contributed by atoms with Gasteiger partial charge < -0.3 is 15.5 Å². The highest BCUT2D eigenvalue weighted by atomic mass is 35.5. The van der Waals surface area contributed by atoms with Gasteiger partial charge in [-0.1, -0.05) is 29.3 Å². The van der Waals surface area contributed by atoms with Gasteiger partial charge in [0.1, 0.15) is 11.9 Å². The van der Waals surface area contributed by atoms with Crippen molar-refractivity contribution in [2.45, 2.75) is 26.0 Å². The molecule has 0 radical (unpaired) electrons. The number of nitrogens with two attached hydrogens (primary N) is 1. The largest absolute Gasteiger partial charge is 0.482 e. The summed E-state index contributed by atoms with van der Waals surface area (Å²) in [6.45, 7) is 2.47. The SMILES string of the molecule is C[C@@H](Oc1cc(-c2ccc3[nH]c4c(c3c2)CN(S(C)(=O)=O)CC4)cnc1N)c1c(Cl)ccc(F)c1Cl. The maximum Gasteiger partial charge on any atom is 0.211 e. The lowest BCUT2D eigenvalue weighted by molar-refractivity contribution is 0.227. The van der Waals surface area contributed by atoms with Crippen molar-refractivity contribution in [2.24, 2.45) is 0 Å². The summed E-state index contributed by atoms with van der Waals surface area (Å²) in [6.07, 6.45) is 2.79. The normalized spacial score (nSPS) is 15.1. The zero-order valence-electron chi connectivity index (χ0n) is 19.5. The van der Waals surface area contributed by atoms with Crippen LogP contribution in [0.5, 0.6) is 5.75 Å². The zero-order chi connectivity index (χ0) is 25.8. The molecule has 0 spiro atoms. The third-order valence-corrected chi connectivity index (χ3v) is 8.38. The van der Waals surface area contributed by atoms with Crippen LogP contribution in [0.1, 0.15) is 29.8 Å². The first-order chi connectivity index (χ1) is 17.0. The number of ether oxygens (including phenoxy) is 1. The highest BCUT2D eigenvalue weighted by Gasteiger charge is 2.26. The Morgan fingerprint density at radius 3 is 2.72 bits per heavy atom. The van der Waals surface area contributed by atoms with Crippen LogP contribution in [0.2, 0.25) is 10.0 Å². The van der Waals surface area contributed by atoms with Crippen molar-refractivity contribution in [1.82, 2.24) is 14.3 Å². The monoisotopic (exact) mass is 548 g/mol. The van der Waals surface area contributed by atoms with Crippen LogP contribution in [-0.2, 0) is 23.0 Å². The lowest BCUT2D eigenvalue weighted by atomic mass is 10.0. The second-order valence-electron chi connectivity index (χ2n) is 8.81. The van der Waals surface area contributed by atoms with Gasteiger partial charge in [0, 0.05) is 58.5 Å². The summed E-state index contributed by atoms with van der Waals surface area (Å²) in [5.74, 6) is -0.127. The van der Waals surface area contributed by atoms with E-state index in [-0.39, 0.29) is 15.9 Å². The number of pyridine rings is 1. The highest BCUT2D eigenvalue weighted by Crippen LogP contribution is 2.38. The predicted molar refractivity (Wildman–Crippen MR) is 140 cm³/mol. The van der Waals surface area contributed by atoms with E-state index in [4.69, 9.17) is 33.7 Å². The van der Waals surface area contributed by atoms with E-state index in [1.807, 2.05) is 18.2 Å². The maximum absolute atomic E-state index is 14.0. The number of nitrogen functional groups attached to an aromatic ring is 1. The number of rotatable bonds is 5. The number of hydrogen-bond donors (Lipinski definition) is 2. The molecule has 188 valence electrons. The number of aromatic nitrogens is 2. The van der Waals surface area contributed by atoms with Crippen LogP contribution in [0.15, 0.2) is 42.6 Å². The van der Waals surface area contributed by atoms with Crippen molar-refractivity contribution >= 4 is 49.9 Å². The topological polar surface area (TPSA) is 101 Å². The molecule has 4 aromatic rings. The number of anilines is 1. The second-order valence-corrected chi connectivity index (χ2v) is 11.6. The summed E-state index contributed by atoms with van der Waals surface area (Å²) in [6, 6.07) is 10.3. The Labute approximate surface area is 218 Å². The molecule has 1 atom stereocenters. The van der Waals surface area contributed by atoms with Gasteiger partial charge in [0.15, 0.2) is 11.6 Å². The Morgan fingerprint density at radius 2 is 1.97 bits per heavy atom. The number of hydrogen-bond acceptors (Lipinski definition) is 5. The van der Waals surface area contributed by atoms with Gasteiger partial charge in [-0.3, -0.25) is 0 Å². The minimum atomic E-state index is -3.29. The molecule has 7 nitrogen and oxygen atoms in total. The maximum atomic E-state index is 14.0. The Morgan fingerprint density at radius 1 is 1.19 bits per heavy atom. The minimum absolute atomic E-state index is 0.108. The molecule has 0 unspecified atom stereocenters. The first-order valence-corrected chi connectivity index (χ1v) is 13.8. The lowest BCUT2D eigenvalue weighted by Crippen LogP contribution is -2.34. The van der Waals surface area contributed by atoms with Gasteiger partial charge >= 0.3 is 0 Å². The number of aromatic amines is 1. The van der Waals surface area contributed by atoms with Gasteiger partial charge in [0.25, 0.3) is 0 Å². The number of nitrogens with one attached hydrogen (secondary N) is 1. The Bertz CT molecular complexity index is 1610. The van der Waals surface area contributed by atoms with E-state index < -0.39 is 21.9 Å². The first-order valence-electron chi connectivity index (χ1n) is 11.2. The average molecular weight is 549 g/mol. The van der Waals surface area contributed by atoms with Crippen LogP contribution in [-0.4, -0.2) is 35.5 Å². The third-order valence-electron chi connectivity index (χ3n) is 6.41. The van der Waals surface area contributed by atoms with Gasteiger partial charge in [-0.2, -0.15) is 4.31 Å². The van der Waals surface area contributed by atoms with Crippen LogP contribution >= 0.6 is 23.2 Å². The van der Waals surface area contributed by atoms with E-state index in [9.17, 15) is 12.8 Å². The molecule has 1 aliphatic heterocycles. The van der Waals surface area contributed by atoms with E-state index in [0.29, 0.717) is 30.8 Å². The van der Waals surface area contributed by atoms with E-state index in [2.05, 4.69) is 9.97 Å². The summed E-state index contributed by atoms with van der Waals surface area (Å²) in [5, 5.41) is 1.12. The van der Waals surface area contributed by atoms with Crippen LogP contribution < -0.4 is 10.5 Å². The molecular weight excluding hydrogens is 526 g/mol. The van der Waals surface area contributed by atoms with Gasteiger partial charge in [-0.25, -0.2) is 17.8 Å². The third kappa shape index (κ3) is 4.52. The molecule has 2 aromatic carbocycles. The van der Waals surface area contributed by atoms with Gasteiger partial charge in [0.2, 0.25) is 10.0 Å². The second kappa shape index (κ2) is 9.23. The average Bonchev–Trinajstić information content (AvgIpc) is 3.20. The summed E-state index contributed by atoms with van der Waals surface area (Å²) in [4.78, 5) is 7.69. The molecule has 0 amide bonds. The number of halogens is 3. The summed E-state index contributed by atoms with van der Waals surface area (Å²) in [5.41, 5.74) is 10.9.